The first-order chi connectivity index (χ1) is 8.76. The molecule has 0 fully saturated rings. The average Bonchev–Trinajstić information content (AvgIpc) is 2.41. The van der Waals surface area contributed by atoms with E-state index < -0.39 is 0 Å². The fourth-order valence-corrected chi connectivity index (χ4v) is 1.78. The minimum absolute atomic E-state index is 0.360. The van der Waals surface area contributed by atoms with Gasteiger partial charge in [0.2, 0.25) is 0 Å². The van der Waals surface area contributed by atoms with Crippen LogP contribution in [0.2, 0.25) is 0 Å². The van der Waals surface area contributed by atoms with Crippen LogP contribution < -0.4 is 4.74 Å². The molecule has 3 heteroatoms. The second-order valence-corrected chi connectivity index (χ2v) is 3.73. The molecule has 0 aliphatic rings. The van der Waals surface area contributed by atoms with Crippen LogP contribution in [0.3, 0.4) is 0 Å². The third kappa shape index (κ3) is 2.33. The summed E-state index contributed by atoms with van der Waals surface area (Å²) in [5.74, 6) is 0.239. The van der Waals surface area contributed by atoms with Crippen molar-refractivity contribution in [3.8, 4) is 22.9 Å². The van der Waals surface area contributed by atoms with Gasteiger partial charge in [-0.1, -0.05) is 18.2 Å². The monoisotopic (exact) mass is 241 g/mol. The molecule has 0 bridgehead atoms. The molecule has 0 amide bonds. The first-order valence-corrected chi connectivity index (χ1v) is 5.68. The lowest BCUT2D eigenvalue weighted by atomic mass is 10.00. The molecule has 0 aliphatic heterocycles. The lowest BCUT2D eigenvalue weighted by Crippen LogP contribution is -1.94. The number of hydrogen-bond acceptors (Lipinski definition) is 2. The number of ether oxygens (including phenoxy) is 1. The second-order valence-electron chi connectivity index (χ2n) is 3.73. The summed E-state index contributed by atoms with van der Waals surface area (Å²) >= 11 is 0. The standard InChI is InChI=1S/C15H12FNO/c1-2-18-12-7-8-15(16)14(9-12)13-6-4-3-5-11(13)10-17/h3-9H,2H2,1H3. The fraction of sp³-hybridized carbons (Fsp3) is 0.133. The van der Waals surface area contributed by atoms with Crippen molar-refractivity contribution in [3.05, 3.63) is 53.8 Å². The van der Waals surface area contributed by atoms with Crippen LogP contribution in [-0.2, 0) is 0 Å². The molecule has 2 aromatic rings. The summed E-state index contributed by atoms with van der Waals surface area (Å²) in [5, 5.41) is 9.04. The molecule has 18 heavy (non-hydrogen) atoms. The Bertz CT molecular complexity index is 602. The highest BCUT2D eigenvalue weighted by Gasteiger charge is 2.10. The highest BCUT2D eigenvalue weighted by atomic mass is 19.1. The molecular formula is C15H12FNO. The van der Waals surface area contributed by atoms with Gasteiger partial charge in [-0.2, -0.15) is 5.26 Å². The van der Waals surface area contributed by atoms with Crippen molar-refractivity contribution in [2.24, 2.45) is 0 Å². The van der Waals surface area contributed by atoms with Gasteiger partial charge in [-0.15, -0.1) is 0 Å². The summed E-state index contributed by atoms with van der Waals surface area (Å²) in [4.78, 5) is 0. The average molecular weight is 241 g/mol. The maximum atomic E-state index is 13.8. The molecule has 0 N–H and O–H groups in total. The first kappa shape index (κ1) is 12.1. The summed E-state index contributed by atoms with van der Waals surface area (Å²) in [7, 11) is 0. The smallest absolute Gasteiger partial charge is 0.131 e. The molecule has 2 aromatic carbocycles. The van der Waals surface area contributed by atoms with Crippen molar-refractivity contribution >= 4 is 0 Å². The van der Waals surface area contributed by atoms with E-state index in [1.54, 1.807) is 36.4 Å². The normalized spacial score (nSPS) is 9.83. The van der Waals surface area contributed by atoms with Crippen molar-refractivity contribution in [1.29, 1.82) is 5.26 Å². The molecule has 2 rings (SSSR count). The van der Waals surface area contributed by atoms with Gasteiger partial charge in [-0.05, 0) is 31.2 Å². The minimum atomic E-state index is -0.360. The van der Waals surface area contributed by atoms with Crippen LogP contribution in [0.4, 0.5) is 4.39 Å². The largest absolute Gasteiger partial charge is 0.494 e. The van der Waals surface area contributed by atoms with E-state index in [0.29, 0.717) is 29.0 Å². The van der Waals surface area contributed by atoms with Crippen LogP contribution in [0.5, 0.6) is 5.75 Å². The van der Waals surface area contributed by atoms with Crippen molar-refractivity contribution in [2.45, 2.75) is 6.92 Å². The summed E-state index contributed by atoms with van der Waals surface area (Å²) in [6, 6.07) is 13.6. The van der Waals surface area contributed by atoms with E-state index in [9.17, 15) is 4.39 Å². The number of halogens is 1. The molecule has 2 nitrogen and oxygen atoms in total. The molecule has 0 aromatic heterocycles. The van der Waals surface area contributed by atoms with Crippen LogP contribution in [-0.4, -0.2) is 6.61 Å². The summed E-state index contributed by atoms with van der Waals surface area (Å²) in [6.45, 7) is 2.39. The number of benzene rings is 2. The zero-order valence-corrected chi connectivity index (χ0v) is 9.98. The highest BCUT2D eigenvalue weighted by molar-refractivity contribution is 5.72. The number of hydrogen-bond donors (Lipinski definition) is 0. The van der Waals surface area contributed by atoms with E-state index in [-0.39, 0.29) is 5.82 Å². The fourth-order valence-electron chi connectivity index (χ4n) is 1.78. The van der Waals surface area contributed by atoms with Gasteiger partial charge in [-0.25, -0.2) is 4.39 Å². The summed E-state index contributed by atoms with van der Waals surface area (Å²) < 4.78 is 19.2. The number of nitriles is 1. The van der Waals surface area contributed by atoms with Gasteiger partial charge in [0.25, 0.3) is 0 Å². The lowest BCUT2D eigenvalue weighted by Gasteiger charge is -2.08. The third-order valence-corrected chi connectivity index (χ3v) is 2.59. The van der Waals surface area contributed by atoms with Gasteiger partial charge in [0, 0.05) is 11.1 Å². The van der Waals surface area contributed by atoms with Gasteiger partial charge in [0.1, 0.15) is 11.6 Å². The zero-order valence-electron chi connectivity index (χ0n) is 9.98. The van der Waals surface area contributed by atoms with Gasteiger partial charge in [0.05, 0.1) is 18.2 Å². The maximum Gasteiger partial charge on any atom is 0.131 e. The van der Waals surface area contributed by atoms with Crippen LogP contribution in [0, 0.1) is 17.1 Å². The van der Waals surface area contributed by atoms with Gasteiger partial charge in [0.15, 0.2) is 0 Å². The van der Waals surface area contributed by atoms with E-state index in [1.165, 1.54) is 6.07 Å². The Balaban J connectivity index is 2.56. The quantitative estimate of drug-likeness (QED) is 0.819. The van der Waals surface area contributed by atoms with Crippen molar-refractivity contribution in [2.75, 3.05) is 6.61 Å². The molecule has 0 heterocycles. The Morgan fingerprint density at radius 3 is 2.67 bits per heavy atom. The van der Waals surface area contributed by atoms with Gasteiger partial charge in [-0.3, -0.25) is 0 Å². The topological polar surface area (TPSA) is 33.0 Å². The van der Waals surface area contributed by atoms with Crippen molar-refractivity contribution in [3.63, 3.8) is 0 Å². The minimum Gasteiger partial charge on any atom is -0.494 e. The van der Waals surface area contributed by atoms with Gasteiger partial charge < -0.3 is 4.74 Å². The van der Waals surface area contributed by atoms with Crippen molar-refractivity contribution in [1.82, 2.24) is 0 Å². The molecule has 0 saturated heterocycles. The van der Waals surface area contributed by atoms with Crippen LogP contribution in [0.15, 0.2) is 42.5 Å². The molecule has 0 aliphatic carbocycles. The predicted octanol–water partition coefficient (Wildman–Crippen LogP) is 3.76. The molecule has 0 unspecified atom stereocenters. The van der Waals surface area contributed by atoms with Gasteiger partial charge >= 0.3 is 0 Å². The van der Waals surface area contributed by atoms with E-state index in [4.69, 9.17) is 10.00 Å². The highest BCUT2D eigenvalue weighted by Crippen LogP contribution is 2.29. The number of nitrogens with zero attached hydrogens (tertiary/aromatic N) is 1. The van der Waals surface area contributed by atoms with Crippen molar-refractivity contribution < 1.29 is 9.13 Å². The van der Waals surface area contributed by atoms with Crippen LogP contribution >= 0.6 is 0 Å². The maximum absolute atomic E-state index is 13.8. The molecule has 0 atom stereocenters. The Labute approximate surface area is 105 Å². The zero-order chi connectivity index (χ0) is 13.0. The summed E-state index contributed by atoms with van der Waals surface area (Å²) in [6.07, 6.45) is 0. The third-order valence-electron chi connectivity index (χ3n) is 2.59. The molecule has 0 saturated carbocycles. The Morgan fingerprint density at radius 2 is 1.94 bits per heavy atom. The molecule has 0 radical (unpaired) electrons. The Hall–Kier alpha value is -2.34. The van der Waals surface area contributed by atoms with E-state index >= 15 is 0 Å². The molecular weight excluding hydrogens is 229 g/mol. The molecule has 0 spiro atoms. The van der Waals surface area contributed by atoms with E-state index in [2.05, 4.69) is 6.07 Å². The predicted molar refractivity (Wildman–Crippen MR) is 67.7 cm³/mol. The Kier molecular flexibility index (Phi) is 3.59. The first-order valence-electron chi connectivity index (χ1n) is 5.68. The Morgan fingerprint density at radius 1 is 1.17 bits per heavy atom. The SMILES string of the molecule is CCOc1ccc(F)c(-c2ccccc2C#N)c1. The van der Waals surface area contributed by atoms with E-state index in [0.717, 1.165) is 0 Å². The lowest BCUT2D eigenvalue weighted by molar-refractivity contribution is 0.340. The summed E-state index contributed by atoms with van der Waals surface area (Å²) in [5.41, 5.74) is 1.42. The molecule has 90 valence electrons. The van der Waals surface area contributed by atoms with E-state index in [1.807, 2.05) is 6.92 Å². The van der Waals surface area contributed by atoms with Crippen LogP contribution in [0.25, 0.3) is 11.1 Å². The second kappa shape index (κ2) is 5.33. The van der Waals surface area contributed by atoms with Crippen LogP contribution in [0.1, 0.15) is 12.5 Å². The number of rotatable bonds is 3.